The van der Waals surface area contributed by atoms with E-state index in [0.29, 0.717) is 6.61 Å². The molecule has 0 radical (unpaired) electrons. The summed E-state index contributed by atoms with van der Waals surface area (Å²) in [4.78, 5) is 0. The summed E-state index contributed by atoms with van der Waals surface area (Å²) in [5.74, 6) is 0.769. The van der Waals surface area contributed by atoms with Gasteiger partial charge in [-0.3, -0.25) is 0 Å². The van der Waals surface area contributed by atoms with E-state index in [9.17, 15) is 0 Å². The number of hydrogen-bond acceptors (Lipinski definition) is 1. The lowest BCUT2D eigenvalue weighted by Gasteiger charge is -2.12. The average molecular weight is 214 g/mol. The first kappa shape index (κ1) is 15.0. The first-order valence-electron chi connectivity index (χ1n) is 6.96. The summed E-state index contributed by atoms with van der Waals surface area (Å²) in [7, 11) is 0. The van der Waals surface area contributed by atoms with Crippen LogP contribution in [0.1, 0.15) is 78.1 Å². The fourth-order valence-electron chi connectivity index (χ4n) is 2.13. The number of unbranched alkanes of at least 4 members (excludes halogenated alkanes) is 6. The largest absolute Gasteiger partial charge is 0.396 e. The molecule has 0 aliphatic carbocycles. The van der Waals surface area contributed by atoms with Crippen molar-refractivity contribution in [1.82, 2.24) is 0 Å². The van der Waals surface area contributed by atoms with Gasteiger partial charge in [0.2, 0.25) is 0 Å². The van der Waals surface area contributed by atoms with Crippen LogP contribution in [-0.4, -0.2) is 11.7 Å². The molecule has 0 amide bonds. The van der Waals surface area contributed by atoms with Crippen LogP contribution in [0.3, 0.4) is 0 Å². The van der Waals surface area contributed by atoms with Crippen molar-refractivity contribution < 1.29 is 5.11 Å². The number of aliphatic hydroxyl groups excluding tert-OH is 1. The van der Waals surface area contributed by atoms with E-state index in [1.165, 1.54) is 57.8 Å². The summed E-state index contributed by atoms with van der Waals surface area (Å²) >= 11 is 0. The van der Waals surface area contributed by atoms with Crippen molar-refractivity contribution in [2.24, 2.45) is 5.92 Å². The fraction of sp³-hybridized carbons (Fsp3) is 1.00. The summed E-state index contributed by atoms with van der Waals surface area (Å²) in [5, 5.41) is 8.87. The molecule has 0 aromatic carbocycles. The molecular weight excluding hydrogens is 184 g/mol. The van der Waals surface area contributed by atoms with E-state index in [1.54, 1.807) is 0 Å². The molecule has 0 aliphatic heterocycles. The van der Waals surface area contributed by atoms with Crippen molar-refractivity contribution in [3.8, 4) is 0 Å². The summed E-state index contributed by atoms with van der Waals surface area (Å²) in [6, 6.07) is 0. The lowest BCUT2D eigenvalue weighted by molar-refractivity contribution is 0.247. The molecule has 1 N–H and O–H groups in total. The van der Waals surface area contributed by atoms with E-state index in [0.717, 1.165) is 12.3 Å². The highest BCUT2D eigenvalue weighted by Gasteiger charge is 2.04. The van der Waals surface area contributed by atoms with Gasteiger partial charge in [0.25, 0.3) is 0 Å². The number of aliphatic hydroxyl groups is 1. The van der Waals surface area contributed by atoms with Gasteiger partial charge in [-0.1, -0.05) is 71.6 Å². The van der Waals surface area contributed by atoms with Gasteiger partial charge in [0, 0.05) is 6.61 Å². The third-order valence-electron chi connectivity index (χ3n) is 3.33. The molecule has 0 saturated carbocycles. The standard InChI is InChI=1S/C14H30O/c1-3-5-6-7-8-9-10-11-14(4-2)12-13-15/h14-15H,3-13H2,1-2H3. The molecule has 0 rings (SSSR count). The lowest BCUT2D eigenvalue weighted by atomic mass is 9.95. The van der Waals surface area contributed by atoms with Crippen molar-refractivity contribution in [2.45, 2.75) is 78.1 Å². The van der Waals surface area contributed by atoms with Crippen LogP contribution in [0.15, 0.2) is 0 Å². The van der Waals surface area contributed by atoms with Crippen LogP contribution >= 0.6 is 0 Å². The van der Waals surface area contributed by atoms with Crippen LogP contribution < -0.4 is 0 Å². The van der Waals surface area contributed by atoms with E-state index in [2.05, 4.69) is 13.8 Å². The Morgan fingerprint density at radius 2 is 1.40 bits per heavy atom. The highest BCUT2D eigenvalue weighted by molar-refractivity contribution is 4.57. The van der Waals surface area contributed by atoms with Crippen molar-refractivity contribution >= 4 is 0 Å². The van der Waals surface area contributed by atoms with Gasteiger partial charge in [-0.05, 0) is 12.3 Å². The SMILES string of the molecule is CCCCCCCCCC(CC)CCO. The zero-order valence-electron chi connectivity index (χ0n) is 10.8. The van der Waals surface area contributed by atoms with Gasteiger partial charge in [-0.15, -0.1) is 0 Å². The Kier molecular flexibility index (Phi) is 12.0. The van der Waals surface area contributed by atoms with Gasteiger partial charge in [0.05, 0.1) is 0 Å². The second-order valence-electron chi connectivity index (χ2n) is 4.70. The molecule has 0 saturated heterocycles. The second kappa shape index (κ2) is 12.0. The molecule has 92 valence electrons. The molecule has 1 atom stereocenters. The second-order valence-corrected chi connectivity index (χ2v) is 4.70. The maximum Gasteiger partial charge on any atom is 0.0433 e. The van der Waals surface area contributed by atoms with E-state index in [1.807, 2.05) is 0 Å². The molecule has 0 fully saturated rings. The van der Waals surface area contributed by atoms with Gasteiger partial charge < -0.3 is 5.11 Å². The van der Waals surface area contributed by atoms with Gasteiger partial charge >= 0.3 is 0 Å². The minimum atomic E-state index is 0.370. The highest BCUT2D eigenvalue weighted by Crippen LogP contribution is 2.17. The maximum absolute atomic E-state index is 8.87. The van der Waals surface area contributed by atoms with Gasteiger partial charge in [-0.25, -0.2) is 0 Å². The summed E-state index contributed by atoms with van der Waals surface area (Å²) in [5.41, 5.74) is 0. The van der Waals surface area contributed by atoms with Crippen LogP contribution in [0.25, 0.3) is 0 Å². The Morgan fingerprint density at radius 3 is 1.93 bits per heavy atom. The molecular formula is C14H30O. The predicted octanol–water partition coefficient (Wildman–Crippen LogP) is 4.54. The molecule has 0 heterocycles. The van der Waals surface area contributed by atoms with E-state index < -0.39 is 0 Å². The van der Waals surface area contributed by atoms with Crippen molar-refractivity contribution in [1.29, 1.82) is 0 Å². The first-order chi connectivity index (χ1) is 7.35. The Hall–Kier alpha value is -0.0400. The van der Waals surface area contributed by atoms with Crippen LogP contribution in [0.2, 0.25) is 0 Å². The Bertz CT molecular complexity index is 112. The van der Waals surface area contributed by atoms with E-state index in [-0.39, 0.29) is 0 Å². The summed E-state index contributed by atoms with van der Waals surface area (Å²) in [6.45, 7) is 4.87. The monoisotopic (exact) mass is 214 g/mol. The smallest absolute Gasteiger partial charge is 0.0433 e. The van der Waals surface area contributed by atoms with Crippen molar-refractivity contribution in [3.63, 3.8) is 0 Å². The van der Waals surface area contributed by atoms with Gasteiger partial charge in [0.15, 0.2) is 0 Å². The zero-order valence-corrected chi connectivity index (χ0v) is 10.8. The van der Waals surface area contributed by atoms with Gasteiger partial charge in [0.1, 0.15) is 0 Å². The van der Waals surface area contributed by atoms with Crippen LogP contribution in [0, 0.1) is 5.92 Å². The minimum Gasteiger partial charge on any atom is -0.396 e. The average Bonchev–Trinajstić information content (AvgIpc) is 2.26. The Morgan fingerprint density at radius 1 is 0.800 bits per heavy atom. The molecule has 1 unspecified atom stereocenters. The first-order valence-corrected chi connectivity index (χ1v) is 6.96. The van der Waals surface area contributed by atoms with E-state index >= 15 is 0 Å². The lowest BCUT2D eigenvalue weighted by Crippen LogP contribution is -2.01. The molecule has 15 heavy (non-hydrogen) atoms. The zero-order chi connectivity index (χ0) is 11.4. The molecule has 0 aromatic heterocycles. The molecule has 0 spiro atoms. The van der Waals surface area contributed by atoms with Crippen LogP contribution in [0.5, 0.6) is 0 Å². The molecule has 1 heteroatoms. The number of hydrogen-bond donors (Lipinski definition) is 1. The Balaban J connectivity index is 3.14. The topological polar surface area (TPSA) is 20.2 Å². The third kappa shape index (κ3) is 10.2. The van der Waals surface area contributed by atoms with Crippen molar-refractivity contribution in [2.75, 3.05) is 6.61 Å². The maximum atomic E-state index is 8.87. The van der Waals surface area contributed by atoms with E-state index in [4.69, 9.17) is 5.11 Å². The van der Waals surface area contributed by atoms with Crippen LogP contribution in [-0.2, 0) is 0 Å². The summed E-state index contributed by atoms with van der Waals surface area (Å²) in [6.07, 6.45) is 13.3. The predicted molar refractivity (Wildman–Crippen MR) is 68.1 cm³/mol. The molecule has 1 nitrogen and oxygen atoms in total. The fourth-order valence-corrected chi connectivity index (χ4v) is 2.13. The third-order valence-corrected chi connectivity index (χ3v) is 3.33. The Labute approximate surface area is 96.3 Å². The highest BCUT2D eigenvalue weighted by atomic mass is 16.3. The van der Waals surface area contributed by atoms with Crippen molar-refractivity contribution in [3.05, 3.63) is 0 Å². The van der Waals surface area contributed by atoms with Crippen LogP contribution in [0.4, 0.5) is 0 Å². The number of rotatable bonds is 11. The van der Waals surface area contributed by atoms with Gasteiger partial charge in [-0.2, -0.15) is 0 Å². The molecule has 0 bridgehead atoms. The molecule has 0 aromatic rings. The minimum absolute atomic E-state index is 0.370. The molecule has 0 aliphatic rings. The quantitative estimate of drug-likeness (QED) is 0.501. The summed E-state index contributed by atoms with van der Waals surface area (Å²) < 4.78 is 0. The normalized spacial score (nSPS) is 13.0.